The number of benzene rings is 1. The highest BCUT2D eigenvalue weighted by atomic mass is 19.3. The number of aromatic nitrogens is 2. The van der Waals surface area contributed by atoms with Crippen LogP contribution in [0.3, 0.4) is 0 Å². The summed E-state index contributed by atoms with van der Waals surface area (Å²) in [6.07, 6.45) is -0.0441. The van der Waals surface area contributed by atoms with Crippen LogP contribution >= 0.6 is 0 Å². The summed E-state index contributed by atoms with van der Waals surface area (Å²) in [7, 11) is 0. The zero-order chi connectivity index (χ0) is 17.9. The molecule has 0 aliphatic heterocycles. The first-order chi connectivity index (χ1) is 11.3. The largest absolute Gasteiger partial charge is 0.478 e. The molecule has 6 nitrogen and oxygen atoms in total. The van der Waals surface area contributed by atoms with E-state index in [1.54, 1.807) is 19.1 Å². The van der Waals surface area contributed by atoms with Gasteiger partial charge >= 0.3 is 12.5 Å². The number of alkyl halides is 2. The molecule has 0 spiro atoms. The number of amides is 1. The average molecular weight is 337 g/mol. The van der Waals surface area contributed by atoms with E-state index < -0.39 is 12.5 Å². The molecule has 1 aromatic heterocycles. The Labute approximate surface area is 137 Å². The number of aryl methyl sites for hydroxylation is 1. The molecule has 0 atom stereocenters. The number of rotatable bonds is 6. The van der Waals surface area contributed by atoms with E-state index in [-0.39, 0.29) is 30.1 Å². The van der Waals surface area contributed by atoms with Crippen LogP contribution in [-0.2, 0) is 17.8 Å². The number of nitrogens with one attached hydrogen (secondary N) is 1. The Morgan fingerprint density at radius 3 is 2.38 bits per heavy atom. The third-order valence-corrected chi connectivity index (χ3v) is 3.69. The van der Waals surface area contributed by atoms with Gasteiger partial charge < -0.3 is 10.4 Å². The average Bonchev–Trinajstić information content (AvgIpc) is 2.81. The topological polar surface area (TPSA) is 84.2 Å². The normalized spacial score (nSPS) is 10.9. The van der Waals surface area contributed by atoms with Gasteiger partial charge in [-0.25, -0.2) is 9.48 Å². The quantitative estimate of drug-likeness (QED) is 0.848. The zero-order valence-corrected chi connectivity index (χ0v) is 13.2. The molecule has 2 aromatic rings. The van der Waals surface area contributed by atoms with Gasteiger partial charge in [0.15, 0.2) is 0 Å². The lowest BCUT2D eigenvalue weighted by molar-refractivity contribution is -0.120. The minimum Gasteiger partial charge on any atom is -0.478 e. The molecule has 0 bridgehead atoms. The highest BCUT2D eigenvalue weighted by molar-refractivity contribution is 5.87. The minimum absolute atomic E-state index is 0.0441. The molecule has 8 heteroatoms. The van der Waals surface area contributed by atoms with E-state index in [1.165, 1.54) is 19.1 Å². The third kappa shape index (κ3) is 3.95. The number of halogens is 2. The summed E-state index contributed by atoms with van der Waals surface area (Å²) in [6, 6.07) is 6.11. The predicted octanol–water partition coefficient (Wildman–Crippen LogP) is 2.45. The summed E-state index contributed by atoms with van der Waals surface area (Å²) in [6.45, 7) is 0.562. The number of aromatic carboxylic acids is 1. The molecule has 0 aliphatic rings. The van der Waals surface area contributed by atoms with Crippen molar-refractivity contribution in [3.8, 4) is 0 Å². The summed E-state index contributed by atoms with van der Waals surface area (Å²) in [5.41, 5.74) is 2.05. The number of carbonyl (C=O) groups is 2. The van der Waals surface area contributed by atoms with Crippen LogP contribution in [0.5, 0.6) is 0 Å². The smallest absolute Gasteiger partial charge is 0.335 e. The molecule has 0 fully saturated rings. The number of carboxylic acid groups (broad SMARTS) is 1. The van der Waals surface area contributed by atoms with E-state index in [1.807, 2.05) is 0 Å². The maximum absolute atomic E-state index is 12.8. The Morgan fingerprint density at radius 2 is 1.88 bits per heavy atom. The van der Waals surface area contributed by atoms with Gasteiger partial charge in [0.25, 0.3) is 0 Å². The van der Waals surface area contributed by atoms with Gasteiger partial charge in [0, 0.05) is 17.8 Å². The Balaban J connectivity index is 1.98. The molecule has 128 valence electrons. The van der Waals surface area contributed by atoms with Crippen molar-refractivity contribution in [1.29, 1.82) is 0 Å². The second kappa shape index (κ2) is 7.20. The minimum atomic E-state index is -2.74. The lowest BCUT2D eigenvalue weighted by Crippen LogP contribution is -2.25. The van der Waals surface area contributed by atoms with Gasteiger partial charge in [-0.15, -0.1) is 0 Å². The van der Waals surface area contributed by atoms with E-state index in [9.17, 15) is 18.4 Å². The Kier molecular flexibility index (Phi) is 5.28. The van der Waals surface area contributed by atoms with Crippen molar-refractivity contribution in [2.45, 2.75) is 33.4 Å². The highest BCUT2D eigenvalue weighted by Crippen LogP contribution is 2.19. The Bertz CT molecular complexity index is 755. The van der Waals surface area contributed by atoms with Crippen molar-refractivity contribution in [2.24, 2.45) is 0 Å². The number of nitrogens with zero attached hydrogens (tertiary/aromatic N) is 2. The van der Waals surface area contributed by atoms with Crippen molar-refractivity contribution in [3.63, 3.8) is 0 Å². The SMILES string of the molecule is Cc1nn(C(F)F)c(C)c1CC(=O)NCc1ccc(C(=O)O)cc1. The summed E-state index contributed by atoms with van der Waals surface area (Å²) in [5.74, 6) is -1.34. The van der Waals surface area contributed by atoms with Crippen molar-refractivity contribution in [2.75, 3.05) is 0 Å². The Hall–Kier alpha value is -2.77. The van der Waals surface area contributed by atoms with Crippen LogP contribution in [0, 0.1) is 13.8 Å². The van der Waals surface area contributed by atoms with E-state index in [4.69, 9.17) is 5.11 Å². The fraction of sp³-hybridized carbons (Fsp3) is 0.312. The summed E-state index contributed by atoms with van der Waals surface area (Å²) >= 11 is 0. The summed E-state index contributed by atoms with van der Waals surface area (Å²) in [5, 5.41) is 15.2. The van der Waals surface area contributed by atoms with E-state index in [0.29, 0.717) is 15.9 Å². The molecule has 0 unspecified atom stereocenters. The highest BCUT2D eigenvalue weighted by Gasteiger charge is 2.19. The molecule has 1 heterocycles. The molecule has 2 rings (SSSR count). The van der Waals surface area contributed by atoms with Crippen LogP contribution in [0.4, 0.5) is 8.78 Å². The van der Waals surface area contributed by atoms with Gasteiger partial charge in [-0.3, -0.25) is 4.79 Å². The molecular formula is C16H17F2N3O3. The number of carboxylic acids is 1. The zero-order valence-electron chi connectivity index (χ0n) is 13.2. The molecule has 1 aromatic carbocycles. The van der Waals surface area contributed by atoms with E-state index in [2.05, 4.69) is 10.4 Å². The predicted molar refractivity (Wildman–Crippen MR) is 81.9 cm³/mol. The number of hydrogen-bond donors (Lipinski definition) is 2. The first-order valence-corrected chi connectivity index (χ1v) is 7.21. The second-order valence-electron chi connectivity index (χ2n) is 5.33. The first kappa shape index (κ1) is 17.6. The molecule has 0 saturated carbocycles. The molecular weight excluding hydrogens is 320 g/mol. The fourth-order valence-electron chi connectivity index (χ4n) is 2.33. The van der Waals surface area contributed by atoms with Gasteiger partial charge in [0.2, 0.25) is 5.91 Å². The van der Waals surface area contributed by atoms with Crippen molar-refractivity contribution >= 4 is 11.9 Å². The maximum Gasteiger partial charge on any atom is 0.335 e. The Morgan fingerprint density at radius 1 is 1.25 bits per heavy atom. The van der Waals surface area contributed by atoms with Crippen LogP contribution in [0.25, 0.3) is 0 Å². The fourth-order valence-corrected chi connectivity index (χ4v) is 2.33. The molecule has 24 heavy (non-hydrogen) atoms. The van der Waals surface area contributed by atoms with Crippen molar-refractivity contribution < 1.29 is 23.5 Å². The van der Waals surface area contributed by atoms with Crippen LogP contribution in [0.15, 0.2) is 24.3 Å². The van der Waals surface area contributed by atoms with Crippen molar-refractivity contribution in [3.05, 3.63) is 52.3 Å². The molecule has 0 radical (unpaired) electrons. The van der Waals surface area contributed by atoms with Gasteiger partial charge in [-0.2, -0.15) is 13.9 Å². The molecule has 0 saturated heterocycles. The summed E-state index contributed by atoms with van der Waals surface area (Å²) in [4.78, 5) is 22.8. The van der Waals surface area contributed by atoms with Crippen LogP contribution in [0.2, 0.25) is 0 Å². The van der Waals surface area contributed by atoms with Gasteiger partial charge in [-0.1, -0.05) is 12.1 Å². The van der Waals surface area contributed by atoms with Crippen LogP contribution < -0.4 is 5.32 Å². The second-order valence-corrected chi connectivity index (χ2v) is 5.33. The standard InChI is InChI=1S/C16H17F2N3O3/c1-9-13(10(2)21(20-9)16(17)18)7-14(22)19-8-11-3-5-12(6-4-11)15(23)24/h3-6,16H,7-8H2,1-2H3,(H,19,22)(H,23,24). The number of carbonyl (C=O) groups excluding carboxylic acids is 1. The van der Waals surface area contributed by atoms with E-state index >= 15 is 0 Å². The monoisotopic (exact) mass is 337 g/mol. The lowest BCUT2D eigenvalue weighted by atomic mass is 10.1. The van der Waals surface area contributed by atoms with Gasteiger partial charge in [0.05, 0.1) is 17.7 Å². The van der Waals surface area contributed by atoms with Gasteiger partial charge in [0.1, 0.15) is 0 Å². The van der Waals surface area contributed by atoms with Gasteiger partial charge in [-0.05, 0) is 31.5 Å². The first-order valence-electron chi connectivity index (χ1n) is 7.21. The lowest BCUT2D eigenvalue weighted by Gasteiger charge is -2.07. The van der Waals surface area contributed by atoms with Crippen molar-refractivity contribution in [1.82, 2.24) is 15.1 Å². The van der Waals surface area contributed by atoms with Crippen LogP contribution in [0.1, 0.15) is 39.4 Å². The molecule has 2 N–H and O–H groups in total. The molecule has 1 amide bonds. The summed E-state index contributed by atoms with van der Waals surface area (Å²) < 4.78 is 26.2. The third-order valence-electron chi connectivity index (χ3n) is 3.69. The molecule has 0 aliphatic carbocycles. The van der Waals surface area contributed by atoms with Crippen LogP contribution in [-0.4, -0.2) is 26.8 Å². The number of hydrogen-bond acceptors (Lipinski definition) is 3. The maximum atomic E-state index is 12.8. The van der Waals surface area contributed by atoms with E-state index in [0.717, 1.165) is 5.56 Å².